The smallest absolute Gasteiger partial charge is 0.258 e. The molecule has 0 radical (unpaired) electrons. The van der Waals surface area contributed by atoms with Crippen molar-refractivity contribution in [1.29, 1.82) is 15.8 Å². The van der Waals surface area contributed by atoms with Crippen molar-refractivity contribution in [3.63, 3.8) is 0 Å². The third-order valence-corrected chi connectivity index (χ3v) is 2.31. The topological polar surface area (TPSA) is 119 Å². The van der Waals surface area contributed by atoms with E-state index in [0.29, 0.717) is 0 Å². The van der Waals surface area contributed by atoms with Crippen LogP contribution >= 0.6 is 0 Å². The van der Waals surface area contributed by atoms with Gasteiger partial charge in [0.05, 0.1) is 10.1 Å². The van der Waals surface area contributed by atoms with E-state index in [4.69, 9.17) is 15.8 Å². The molecule has 1 aromatic carbocycles. The van der Waals surface area contributed by atoms with Crippen molar-refractivity contribution in [3.8, 4) is 24.3 Å². The first-order valence-corrected chi connectivity index (χ1v) is 5.17. The average Bonchev–Trinajstić information content (AvgIpc) is 2.46. The molecule has 0 unspecified atom stereocenters. The molecule has 0 heterocycles. The van der Waals surface area contributed by atoms with Gasteiger partial charge in [-0.25, -0.2) is 0 Å². The number of non-ortho nitro benzene ring substituents is 1. The van der Waals surface area contributed by atoms with Gasteiger partial charge >= 0.3 is 6.07 Å². The third kappa shape index (κ3) is 2.76. The number of nitriles is 3. The Morgan fingerprint density at radius 1 is 1.20 bits per heavy atom. The maximum absolute atomic E-state index is 11.0. The van der Waals surface area contributed by atoms with E-state index >= 15 is 0 Å². The fraction of sp³-hybridized carbons (Fsp3) is 0.0769. The number of nitro groups is 1. The zero-order valence-corrected chi connectivity index (χ0v) is 10.3. The molecule has 0 aliphatic rings. The van der Waals surface area contributed by atoms with Gasteiger partial charge in [0.1, 0.15) is 23.8 Å². The molecule has 0 N–H and O–H groups in total. The lowest BCUT2D eigenvalue weighted by Crippen LogP contribution is -2.17. The summed E-state index contributed by atoms with van der Waals surface area (Å²) < 4.78 is 0. The van der Waals surface area contributed by atoms with Crippen molar-refractivity contribution in [2.75, 3.05) is 7.05 Å². The van der Waals surface area contributed by atoms with Gasteiger partial charge in [0.2, 0.25) is 0 Å². The van der Waals surface area contributed by atoms with Crippen LogP contribution in [0.1, 0.15) is 0 Å². The van der Waals surface area contributed by atoms with Gasteiger partial charge in [-0.05, 0) is 6.07 Å². The van der Waals surface area contributed by atoms with Crippen molar-refractivity contribution in [3.05, 3.63) is 43.6 Å². The minimum absolute atomic E-state index is 0.0256. The number of rotatable bonds is 1. The Morgan fingerprint density at radius 2 is 1.80 bits per heavy atom. The van der Waals surface area contributed by atoms with Crippen LogP contribution in [0, 0.1) is 50.2 Å². The summed E-state index contributed by atoms with van der Waals surface area (Å²) in [6, 6.07) is 11.2. The van der Waals surface area contributed by atoms with Crippen LogP contribution < -0.4 is 10.4 Å². The molecule has 0 aliphatic heterocycles. The second-order valence-corrected chi connectivity index (χ2v) is 3.41. The Morgan fingerprint density at radius 3 is 2.25 bits per heavy atom. The van der Waals surface area contributed by atoms with Crippen LogP contribution in [-0.4, -0.2) is 12.0 Å². The summed E-state index contributed by atoms with van der Waals surface area (Å²) in [5.74, 6) is 0. The largest absolute Gasteiger partial charge is 0.322 e. The first kappa shape index (κ1) is 14.4. The summed E-state index contributed by atoms with van der Waals surface area (Å²) in [6.07, 6.45) is 0. The summed E-state index contributed by atoms with van der Waals surface area (Å²) >= 11 is 0. The van der Waals surface area contributed by atoms with E-state index in [1.165, 1.54) is 19.2 Å². The van der Waals surface area contributed by atoms with E-state index in [2.05, 4.69) is 10.9 Å². The molecule has 1 rings (SSSR count). The molecule has 94 valence electrons. The van der Waals surface area contributed by atoms with Crippen molar-refractivity contribution < 1.29 is 4.92 Å². The van der Waals surface area contributed by atoms with E-state index in [-0.39, 0.29) is 21.6 Å². The van der Waals surface area contributed by atoms with Crippen LogP contribution in [-0.2, 0) is 0 Å². The fourth-order valence-corrected chi connectivity index (χ4v) is 1.46. The highest BCUT2D eigenvalue weighted by molar-refractivity contribution is 5.77. The third-order valence-electron chi connectivity index (χ3n) is 2.31. The van der Waals surface area contributed by atoms with E-state index in [1.54, 1.807) is 12.1 Å². The lowest BCUT2D eigenvalue weighted by Gasteiger charge is -1.93. The molecule has 7 heteroatoms. The zero-order valence-electron chi connectivity index (χ0n) is 10.3. The first-order chi connectivity index (χ1) is 9.58. The Labute approximate surface area is 113 Å². The van der Waals surface area contributed by atoms with Gasteiger partial charge < -0.3 is 0 Å². The van der Waals surface area contributed by atoms with Crippen molar-refractivity contribution in [1.82, 2.24) is 0 Å². The van der Waals surface area contributed by atoms with Gasteiger partial charge in [-0.1, -0.05) is 10.9 Å². The van der Waals surface area contributed by atoms with Crippen molar-refractivity contribution in [2.24, 2.45) is 0 Å². The van der Waals surface area contributed by atoms with E-state index < -0.39 is 10.6 Å². The maximum atomic E-state index is 11.0. The lowest BCUT2D eigenvalue weighted by molar-refractivity contribution is -0.386. The minimum atomic E-state index is -0.717. The van der Waals surface area contributed by atoms with E-state index in [9.17, 15) is 10.1 Å². The van der Waals surface area contributed by atoms with Gasteiger partial charge in [0.25, 0.3) is 12.7 Å². The second-order valence-electron chi connectivity index (χ2n) is 3.41. The molecule has 0 saturated carbocycles. The molecule has 20 heavy (non-hydrogen) atoms. The predicted octanol–water partition coefficient (Wildman–Crippen LogP) is 0.430. The van der Waals surface area contributed by atoms with Crippen LogP contribution in [0.2, 0.25) is 0 Å². The molecular formula is C13H6N5O2+. The van der Waals surface area contributed by atoms with Crippen molar-refractivity contribution >= 4 is 16.8 Å². The van der Waals surface area contributed by atoms with Crippen LogP contribution in [0.3, 0.4) is 0 Å². The summed E-state index contributed by atoms with van der Waals surface area (Å²) in [5, 5.41) is 37.6. The summed E-state index contributed by atoms with van der Waals surface area (Å²) in [6.45, 7) is 0. The molecule has 0 aliphatic carbocycles. The van der Waals surface area contributed by atoms with E-state index in [0.717, 1.165) is 6.07 Å². The molecule has 0 fully saturated rings. The molecule has 0 bridgehead atoms. The fourth-order valence-electron chi connectivity index (χ4n) is 1.46. The molecule has 7 nitrogen and oxygen atoms in total. The minimum Gasteiger partial charge on any atom is -0.258 e. The standard InChI is InChI=1S/C13H6N5O2/c1-17-8-11(7-16)9-2-3-12(10(5-14)6-15)13(4-9)18(19)20/h2-4H,1H3/q+1. The van der Waals surface area contributed by atoms with Gasteiger partial charge in [0, 0.05) is 11.3 Å². The Hall–Kier alpha value is -3.68. The zero-order chi connectivity index (χ0) is 15.1. The second kappa shape index (κ2) is 6.31. The summed E-state index contributed by atoms with van der Waals surface area (Å²) in [5.41, 5.74) is -0.765. The predicted molar refractivity (Wildman–Crippen MR) is 69.2 cm³/mol. The number of benzene rings is 1. The summed E-state index contributed by atoms with van der Waals surface area (Å²) in [7, 11) is 1.41. The number of hydrogen-bond donors (Lipinski definition) is 0. The Kier molecular flexibility index (Phi) is 4.53. The van der Waals surface area contributed by atoms with Gasteiger partial charge in [-0.15, -0.1) is 0 Å². The number of nitrogens with zero attached hydrogens (tertiary/aromatic N) is 5. The highest BCUT2D eigenvalue weighted by atomic mass is 16.6. The molecule has 0 aromatic heterocycles. The van der Waals surface area contributed by atoms with Gasteiger partial charge in [-0.2, -0.15) is 15.8 Å². The lowest BCUT2D eigenvalue weighted by atomic mass is 10.1. The monoisotopic (exact) mass is 264 g/mol. The normalized spacial score (nSPS) is 9.90. The number of hydrogen-bond acceptors (Lipinski definition) is 5. The number of nitro benzene ring substituents is 1. The van der Waals surface area contributed by atoms with Crippen LogP contribution in [0.5, 0.6) is 0 Å². The van der Waals surface area contributed by atoms with Crippen LogP contribution in [0.4, 0.5) is 5.69 Å². The van der Waals surface area contributed by atoms with Crippen LogP contribution in [0.15, 0.2) is 18.2 Å². The molecule has 0 spiro atoms. The Balaban J connectivity index is 3.96. The maximum Gasteiger partial charge on any atom is 0.322 e. The van der Waals surface area contributed by atoms with Crippen molar-refractivity contribution in [2.45, 2.75) is 0 Å². The van der Waals surface area contributed by atoms with Crippen LogP contribution in [0.25, 0.3) is 16.0 Å². The highest BCUT2D eigenvalue weighted by Gasteiger charge is 2.13. The molecule has 0 amide bonds. The average molecular weight is 264 g/mol. The SMILES string of the molecule is C[N+]#CC(C#N)=c1ccc(=C(C#N)C#N)c([N+](=O)[O-])c1. The van der Waals surface area contributed by atoms with Gasteiger partial charge in [-0.3, -0.25) is 10.1 Å². The van der Waals surface area contributed by atoms with Gasteiger partial charge in [0.15, 0.2) is 5.57 Å². The molecule has 0 saturated heterocycles. The van der Waals surface area contributed by atoms with E-state index in [1.807, 2.05) is 6.07 Å². The first-order valence-electron chi connectivity index (χ1n) is 5.17. The highest BCUT2D eigenvalue weighted by Crippen LogP contribution is 2.03. The molecule has 0 atom stereocenters. The molecular weight excluding hydrogens is 258 g/mol. The quantitative estimate of drug-likeness (QED) is 0.538. The Bertz CT molecular complexity index is 866. The summed E-state index contributed by atoms with van der Waals surface area (Å²) in [4.78, 5) is 13.9. The molecule has 1 aromatic rings.